The lowest BCUT2D eigenvalue weighted by Crippen LogP contribution is -2.44. The van der Waals surface area contributed by atoms with Crippen molar-refractivity contribution < 1.29 is 4.74 Å². The molecule has 0 radical (unpaired) electrons. The molecular formula is C12H21N3O. The molecule has 0 saturated heterocycles. The number of anilines is 1. The van der Waals surface area contributed by atoms with Gasteiger partial charge in [0.15, 0.2) is 11.6 Å². The highest BCUT2D eigenvalue weighted by Gasteiger charge is 2.20. The maximum Gasteiger partial charge on any atom is 0.168 e. The normalized spacial score (nSPS) is 11.6. The second-order valence-corrected chi connectivity index (χ2v) is 4.61. The fourth-order valence-corrected chi connectivity index (χ4v) is 1.15. The van der Waals surface area contributed by atoms with Gasteiger partial charge in [-0.3, -0.25) is 0 Å². The summed E-state index contributed by atoms with van der Waals surface area (Å²) < 4.78 is 5.23. The van der Waals surface area contributed by atoms with Crippen LogP contribution in [0, 0.1) is 0 Å². The average molecular weight is 223 g/mol. The van der Waals surface area contributed by atoms with E-state index >= 15 is 0 Å². The van der Waals surface area contributed by atoms with E-state index in [1.54, 1.807) is 13.3 Å². The summed E-state index contributed by atoms with van der Waals surface area (Å²) in [4.78, 5) is 6.43. The van der Waals surface area contributed by atoms with Crippen molar-refractivity contribution in [2.75, 3.05) is 33.1 Å². The summed E-state index contributed by atoms with van der Waals surface area (Å²) in [6, 6.07) is 3.76. The maximum absolute atomic E-state index is 5.23. The molecule has 1 N–H and O–H groups in total. The van der Waals surface area contributed by atoms with Gasteiger partial charge in [0, 0.05) is 18.3 Å². The van der Waals surface area contributed by atoms with Gasteiger partial charge in [-0.15, -0.1) is 0 Å². The zero-order valence-corrected chi connectivity index (χ0v) is 10.7. The van der Waals surface area contributed by atoms with Gasteiger partial charge in [-0.25, -0.2) is 4.98 Å². The Kier molecular flexibility index (Phi) is 4.12. The van der Waals surface area contributed by atoms with Gasteiger partial charge in [0.25, 0.3) is 0 Å². The van der Waals surface area contributed by atoms with Gasteiger partial charge in [-0.2, -0.15) is 0 Å². The number of rotatable bonds is 5. The van der Waals surface area contributed by atoms with Crippen LogP contribution < -0.4 is 10.1 Å². The number of hydrogen-bond donors (Lipinski definition) is 1. The van der Waals surface area contributed by atoms with E-state index in [4.69, 9.17) is 4.74 Å². The van der Waals surface area contributed by atoms with E-state index in [0.29, 0.717) is 0 Å². The van der Waals surface area contributed by atoms with Crippen LogP contribution in [-0.2, 0) is 0 Å². The lowest BCUT2D eigenvalue weighted by atomic mass is 10.0. The Morgan fingerprint density at radius 3 is 2.69 bits per heavy atom. The number of nitrogens with zero attached hydrogens (tertiary/aromatic N) is 2. The van der Waals surface area contributed by atoms with Crippen molar-refractivity contribution in [1.82, 2.24) is 9.88 Å². The summed E-state index contributed by atoms with van der Waals surface area (Å²) in [6.45, 7) is 5.16. The molecule has 1 aromatic rings. The standard InChI is InChI=1S/C12H21N3O/c1-12(2,15(3)4)9-14-11-10(16-5)7-6-8-13-11/h6-8H,9H2,1-5H3,(H,13,14). The van der Waals surface area contributed by atoms with Crippen LogP contribution in [0.15, 0.2) is 18.3 Å². The Balaban J connectivity index is 2.67. The van der Waals surface area contributed by atoms with Crippen molar-refractivity contribution in [2.45, 2.75) is 19.4 Å². The van der Waals surface area contributed by atoms with E-state index in [1.807, 2.05) is 12.1 Å². The maximum atomic E-state index is 5.23. The second kappa shape index (κ2) is 5.16. The lowest BCUT2D eigenvalue weighted by Gasteiger charge is -2.32. The minimum absolute atomic E-state index is 0.0720. The summed E-state index contributed by atoms with van der Waals surface area (Å²) in [7, 11) is 5.79. The highest BCUT2D eigenvalue weighted by molar-refractivity contribution is 5.49. The topological polar surface area (TPSA) is 37.4 Å². The molecule has 0 aromatic carbocycles. The molecular weight excluding hydrogens is 202 g/mol. The molecule has 0 amide bonds. The van der Waals surface area contributed by atoms with Crippen LogP contribution in [0.5, 0.6) is 5.75 Å². The van der Waals surface area contributed by atoms with Crippen molar-refractivity contribution in [3.8, 4) is 5.75 Å². The first kappa shape index (κ1) is 12.8. The highest BCUT2D eigenvalue weighted by Crippen LogP contribution is 2.21. The van der Waals surface area contributed by atoms with Crippen molar-refractivity contribution in [3.63, 3.8) is 0 Å². The fraction of sp³-hybridized carbons (Fsp3) is 0.583. The molecule has 90 valence electrons. The predicted molar refractivity (Wildman–Crippen MR) is 67.0 cm³/mol. The highest BCUT2D eigenvalue weighted by atomic mass is 16.5. The number of methoxy groups -OCH3 is 1. The number of hydrogen-bond acceptors (Lipinski definition) is 4. The van der Waals surface area contributed by atoms with Gasteiger partial charge >= 0.3 is 0 Å². The third-order valence-electron chi connectivity index (χ3n) is 2.89. The van der Waals surface area contributed by atoms with Gasteiger partial charge in [0.1, 0.15) is 0 Å². The van der Waals surface area contributed by atoms with Crippen LogP contribution in [0.2, 0.25) is 0 Å². The van der Waals surface area contributed by atoms with Crippen LogP contribution in [0.25, 0.3) is 0 Å². The smallest absolute Gasteiger partial charge is 0.168 e. The van der Waals surface area contributed by atoms with Crippen LogP contribution in [-0.4, -0.2) is 43.2 Å². The first-order valence-corrected chi connectivity index (χ1v) is 5.37. The SMILES string of the molecule is COc1cccnc1NCC(C)(C)N(C)C. The molecule has 4 nitrogen and oxygen atoms in total. The quantitative estimate of drug-likeness (QED) is 0.826. The molecule has 4 heteroatoms. The number of pyridine rings is 1. The molecule has 1 aromatic heterocycles. The van der Waals surface area contributed by atoms with Gasteiger partial charge in [-0.05, 0) is 40.1 Å². The minimum atomic E-state index is 0.0720. The van der Waals surface area contributed by atoms with Crippen LogP contribution in [0.3, 0.4) is 0 Å². The monoisotopic (exact) mass is 223 g/mol. The average Bonchev–Trinajstić information content (AvgIpc) is 2.26. The molecule has 0 saturated carbocycles. The summed E-state index contributed by atoms with van der Waals surface area (Å²) in [6.07, 6.45) is 1.76. The molecule has 0 unspecified atom stereocenters. The molecule has 16 heavy (non-hydrogen) atoms. The Bertz CT molecular complexity index is 337. The van der Waals surface area contributed by atoms with Gasteiger partial charge in [-0.1, -0.05) is 0 Å². The van der Waals surface area contributed by atoms with Gasteiger partial charge in [0.2, 0.25) is 0 Å². The number of nitrogens with one attached hydrogen (secondary N) is 1. The van der Waals surface area contributed by atoms with Gasteiger partial charge in [0.05, 0.1) is 7.11 Å². The first-order valence-electron chi connectivity index (χ1n) is 5.37. The molecule has 1 heterocycles. The summed E-state index contributed by atoms with van der Waals surface area (Å²) >= 11 is 0. The minimum Gasteiger partial charge on any atom is -0.493 e. The van der Waals surface area contributed by atoms with Crippen LogP contribution in [0.4, 0.5) is 5.82 Å². The molecule has 0 aliphatic rings. The Morgan fingerprint density at radius 2 is 2.12 bits per heavy atom. The van der Waals surface area contributed by atoms with Crippen LogP contribution in [0.1, 0.15) is 13.8 Å². The fourth-order valence-electron chi connectivity index (χ4n) is 1.15. The Hall–Kier alpha value is -1.29. The second-order valence-electron chi connectivity index (χ2n) is 4.61. The lowest BCUT2D eigenvalue weighted by molar-refractivity contribution is 0.209. The molecule has 0 bridgehead atoms. The summed E-state index contributed by atoms with van der Waals surface area (Å²) in [5.41, 5.74) is 0.0720. The first-order chi connectivity index (χ1) is 7.47. The predicted octanol–water partition coefficient (Wildman–Crippen LogP) is 1.84. The molecule has 1 rings (SSSR count). The van der Waals surface area contributed by atoms with E-state index in [1.165, 1.54) is 0 Å². The molecule has 0 fully saturated rings. The Morgan fingerprint density at radius 1 is 1.44 bits per heavy atom. The molecule has 0 spiro atoms. The number of aromatic nitrogens is 1. The van der Waals surface area contributed by atoms with E-state index in [-0.39, 0.29) is 5.54 Å². The van der Waals surface area contributed by atoms with E-state index in [9.17, 15) is 0 Å². The molecule has 0 atom stereocenters. The zero-order valence-electron chi connectivity index (χ0n) is 10.7. The zero-order chi connectivity index (χ0) is 12.2. The van der Waals surface area contributed by atoms with Crippen LogP contribution >= 0.6 is 0 Å². The Labute approximate surface area is 97.6 Å². The molecule has 0 aliphatic heterocycles. The number of ether oxygens (including phenoxy) is 1. The van der Waals surface area contributed by atoms with Crippen molar-refractivity contribution in [3.05, 3.63) is 18.3 Å². The van der Waals surface area contributed by atoms with Crippen molar-refractivity contribution in [1.29, 1.82) is 0 Å². The third-order valence-corrected chi connectivity index (χ3v) is 2.89. The van der Waals surface area contributed by atoms with Crippen molar-refractivity contribution in [2.24, 2.45) is 0 Å². The third kappa shape index (κ3) is 3.10. The number of likely N-dealkylation sites (N-methyl/N-ethyl adjacent to an activating group) is 1. The van der Waals surface area contributed by atoms with Gasteiger partial charge < -0.3 is 15.0 Å². The van der Waals surface area contributed by atoms with E-state index in [0.717, 1.165) is 18.1 Å². The largest absolute Gasteiger partial charge is 0.493 e. The summed E-state index contributed by atoms with van der Waals surface area (Å²) in [5, 5.41) is 3.31. The van der Waals surface area contributed by atoms with E-state index in [2.05, 4.69) is 43.1 Å². The summed E-state index contributed by atoms with van der Waals surface area (Å²) in [5.74, 6) is 1.57. The van der Waals surface area contributed by atoms with Crippen molar-refractivity contribution >= 4 is 5.82 Å². The van der Waals surface area contributed by atoms with E-state index < -0.39 is 0 Å². The molecule has 0 aliphatic carbocycles.